The molecule has 0 aliphatic carbocycles. The molecule has 4 aromatic rings. The van der Waals surface area contributed by atoms with Crippen LogP contribution in [-0.2, 0) is 6.54 Å². The molecule has 4 rings (SSSR count). The zero-order valence-corrected chi connectivity index (χ0v) is 15.6. The van der Waals surface area contributed by atoms with E-state index in [0.717, 1.165) is 15.6 Å². The standard InChI is InChI=1S/C19H14ClN5OS/c20-17-15(11-22-25(19(17)26)14-9-5-2-6-10-14)21-12-16-23-24-18(27-16)13-7-3-1-4-8-13/h1-11,21H,12H2. The van der Waals surface area contributed by atoms with Crippen molar-refractivity contribution in [2.75, 3.05) is 5.32 Å². The molecule has 0 aliphatic heterocycles. The Labute approximate surface area is 164 Å². The van der Waals surface area contributed by atoms with E-state index in [1.165, 1.54) is 22.2 Å². The Hall–Kier alpha value is -3.03. The molecule has 0 saturated heterocycles. The van der Waals surface area contributed by atoms with Gasteiger partial charge in [-0.1, -0.05) is 71.5 Å². The number of benzene rings is 2. The second-order valence-electron chi connectivity index (χ2n) is 5.65. The molecule has 6 nitrogen and oxygen atoms in total. The molecular formula is C19H14ClN5OS. The fraction of sp³-hybridized carbons (Fsp3) is 0.0526. The molecule has 27 heavy (non-hydrogen) atoms. The second-order valence-corrected chi connectivity index (χ2v) is 7.09. The van der Waals surface area contributed by atoms with Crippen molar-refractivity contribution in [2.45, 2.75) is 6.54 Å². The van der Waals surface area contributed by atoms with E-state index >= 15 is 0 Å². The maximum absolute atomic E-state index is 12.5. The molecule has 0 radical (unpaired) electrons. The highest BCUT2D eigenvalue weighted by molar-refractivity contribution is 7.14. The molecule has 1 N–H and O–H groups in total. The molecule has 0 fully saturated rings. The molecule has 0 bridgehead atoms. The minimum absolute atomic E-state index is 0.0849. The number of rotatable bonds is 5. The predicted molar refractivity (Wildman–Crippen MR) is 108 cm³/mol. The minimum atomic E-state index is -0.380. The largest absolute Gasteiger partial charge is 0.376 e. The number of para-hydroxylation sites is 1. The third-order valence-corrected chi connectivity index (χ3v) is 5.17. The number of aromatic nitrogens is 4. The average Bonchev–Trinajstić information content (AvgIpc) is 3.19. The van der Waals surface area contributed by atoms with Crippen molar-refractivity contribution in [3.05, 3.63) is 87.2 Å². The van der Waals surface area contributed by atoms with Crippen molar-refractivity contribution in [1.82, 2.24) is 20.0 Å². The Bertz CT molecular complexity index is 1110. The van der Waals surface area contributed by atoms with Crippen LogP contribution in [0.4, 0.5) is 5.69 Å². The summed E-state index contributed by atoms with van der Waals surface area (Å²) in [5.74, 6) is 0. The van der Waals surface area contributed by atoms with Crippen molar-refractivity contribution in [3.63, 3.8) is 0 Å². The monoisotopic (exact) mass is 395 g/mol. The van der Waals surface area contributed by atoms with Crippen molar-refractivity contribution in [2.24, 2.45) is 0 Å². The minimum Gasteiger partial charge on any atom is -0.376 e. The molecule has 2 aromatic carbocycles. The van der Waals surface area contributed by atoms with Gasteiger partial charge in [0.15, 0.2) is 0 Å². The van der Waals surface area contributed by atoms with Gasteiger partial charge in [0, 0.05) is 5.56 Å². The quantitative estimate of drug-likeness (QED) is 0.552. The van der Waals surface area contributed by atoms with Gasteiger partial charge in [0.25, 0.3) is 5.56 Å². The summed E-state index contributed by atoms with van der Waals surface area (Å²) in [4.78, 5) is 12.5. The number of hydrogen-bond acceptors (Lipinski definition) is 6. The number of halogens is 1. The molecule has 0 spiro atoms. The lowest BCUT2D eigenvalue weighted by Crippen LogP contribution is -2.22. The van der Waals surface area contributed by atoms with Gasteiger partial charge in [0.1, 0.15) is 15.0 Å². The van der Waals surface area contributed by atoms with Gasteiger partial charge in [0.05, 0.1) is 24.1 Å². The summed E-state index contributed by atoms with van der Waals surface area (Å²) in [5, 5.41) is 17.4. The predicted octanol–water partition coefficient (Wildman–Crippen LogP) is 4.02. The fourth-order valence-electron chi connectivity index (χ4n) is 2.50. The van der Waals surface area contributed by atoms with Crippen molar-refractivity contribution in [1.29, 1.82) is 0 Å². The Balaban J connectivity index is 1.52. The van der Waals surface area contributed by atoms with Crippen LogP contribution in [-0.4, -0.2) is 20.0 Å². The first-order valence-corrected chi connectivity index (χ1v) is 9.37. The summed E-state index contributed by atoms with van der Waals surface area (Å²) in [6.07, 6.45) is 1.54. The molecule has 0 amide bonds. The summed E-state index contributed by atoms with van der Waals surface area (Å²) < 4.78 is 1.27. The third kappa shape index (κ3) is 3.74. The Morgan fingerprint density at radius 2 is 1.70 bits per heavy atom. The summed E-state index contributed by atoms with van der Waals surface area (Å²) in [5.41, 5.74) is 1.76. The van der Waals surface area contributed by atoms with Gasteiger partial charge in [-0.2, -0.15) is 9.78 Å². The first-order chi connectivity index (χ1) is 13.2. The lowest BCUT2D eigenvalue weighted by molar-refractivity contribution is 0.807. The van der Waals surface area contributed by atoms with Gasteiger partial charge >= 0.3 is 0 Å². The number of anilines is 1. The summed E-state index contributed by atoms with van der Waals surface area (Å²) in [6, 6.07) is 19.0. The highest BCUT2D eigenvalue weighted by Crippen LogP contribution is 2.24. The molecular weight excluding hydrogens is 382 g/mol. The maximum atomic E-state index is 12.5. The van der Waals surface area contributed by atoms with E-state index in [2.05, 4.69) is 20.6 Å². The molecule has 0 unspecified atom stereocenters. The average molecular weight is 396 g/mol. The molecule has 2 aromatic heterocycles. The number of nitrogens with one attached hydrogen (secondary N) is 1. The van der Waals surface area contributed by atoms with Gasteiger partial charge in [-0.05, 0) is 12.1 Å². The van der Waals surface area contributed by atoms with E-state index in [1.807, 2.05) is 48.5 Å². The molecule has 0 aliphatic rings. The maximum Gasteiger partial charge on any atom is 0.292 e. The second kappa shape index (κ2) is 7.69. The molecule has 2 heterocycles. The van der Waals surface area contributed by atoms with E-state index < -0.39 is 0 Å². The van der Waals surface area contributed by atoms with E-state index in [0.29, 0.717) is 17.9 Å². The van der Waals surface area contributed by atoms with Gasteiger partial charge in [-0.25, -0.2) is 0 Å². The van der Waals surface area contributed by atoms with Crippen LogP contribution < -0.4 is 10.9 Å². The van der Waals surface area contributed by atoms with E-state index in [4.69, 9.17) is 11.6 Å². The Morgan fingerprint density at radius 1 is 1.00 bits per heavy atom. The summed E-state index contributed by atoms with van der Waals surface area (Å²) in [6.45, 7) is 0.403. The van der Waals surface area contributed by atoms with E-state index in [-0.39, 0.29) is 10.6 Å². The van der Waals surface area contributed by atoms with Crippen LogP contribution in [0.3, 0.4) is 0 Å². The normalized spacial score (nSPS) is 10.7. The first-order valence-electron chi connectivity index (χ1n) is 8.17. The summed E-state index contributed by atoms with van der Waals surface area (Å²) in [7, 11) is 0. The van der Waals surface area contributed by atoms with Crippen LogP contribution in [0.15, 0.2) is 71.7 Å². The van der Waals surface area contributed by atoms with Crippen molar-refractivity contribution in [3.8, 4) is 16.3 Å². The van der Waals surface area contributed by atoms with Gasteiger partial charge < -0.3 is 5.32 Å². The Morgan fingerprint density at radius 3 is 2.44 bits per heavy atom. The highest BCUT2D eigenvalue weighted by atomic mass is 35.5. The van der Waals surface area contributed by atoms with Crippen LogP contribution >= 0.6 is 22.9 Å². The topological polar surface area (TPSA) is 72.7 Å². The smallest absolute Gasteiger partial charge is 0.292 e. The first kappa shape index (κ1) is 17.4. The lowest BCUT2D eigenvalue weighted by atomic mass is 10.2. The van der Waals surface area contributed by atoms with Gasteiger partial charge in [0.2, 0.25) is 0 Å². The van der Waals surface area contributed by atoms with Crippen LogP contribution in [0.25, 0.3) is 16.3 Å². The number of hydrogen-bond donors (Lipinski definition) is 1. The number of nitrogens with zero attached hydrogens (tertiary/aromatic N) is 4. The zero-order chi connectivity index (χ0) is 18.6. The van der Waals surface area contributed by atoms with Gasteiger partial charge in [-0.15, -0.1) is 10.2 Å². The molecule has 8 heteroatoms. The molecule has 134 valence electrons. The van der Waals surface area contributed by atoms with Gasteiger partial charge in [-0.3, -0.25) is 4.79 Å². The van der Waals surface area contributed by atoms with Crippen molar-refractivity contribution < 1.29 is 0 Å². The van der Waals surface area contributed by atoms with Crippen LogP contribution in [0.5, 0.6) is 0 Å². The van der Waals surface area contributed by atoms with E-state index in [9.17, 15) is 4.79 Å². The van der Waals surface area contributed by atoms with E-state index in [1.54, 1.807) is 12.1 Å². The Kier molecular flexibility index (Phi) is 4.95. The highest BCUT2D eigenvalue weighted by Gasteiger charge is 2.12. The molecule has 0 saturated carbocycles. The van der Waals surface area contributed by atoms with Crippen LogP contribution in [0.2, 0.25) is 5.02 Å². The summed E-state index contributed by atoms with van der Waals surface area (Å²) >= 11 is 7.73. The third-order valence-electron chi connectivity index (χ3n) is 3.84. The SMILES string of the molecule is O=c1c(Cl)c(NCc2nnc(-c3ccccc3)s2)cnn1-c1ccccc1. The lowest BCUT2D eigenvalue weighted by Gasteiger charge is -2.09. The zero-order valence-electron chi connectivity index (χ0n) is 14.0. The van der Waals surface area contributed by atoms with Crippen LogP contribution in [0, 0.1) is 0 Å². The fourth-order valence-corrected chi connectivity index (χ4v) is 3.48. The molecule has 0 atom stereocenters. The van der Waals surface area contributed by atoms with Crippen molar-refractivity contribution >= 4 is 28.6 Å². The van der Waals surface area contributed by atoms with Crippen LogP contribution in [0.1, 0.15) is 5.01 Å².